The summed E-state index contributed by atoms with van der Waals surface area (Å²) in [5.41, 5.74) is 0.907. The van der Waals surface area contributed by atoms with E-state index in [1.54, 1.807) is 36.4 Å². The Morgan fingerprint density at radius 3 is 2.54 bits per heavy atom. The maximum Gasteiger partial charge on any atom is 0.343 e. The Morgan fingerprint density at radius 1 is 1.07 bits per heavy atom. The van der Waals surface area contributed by atoms with E-state index >= 15 is 0 Å². The molecule has 1 saturated heterocycles. The molecule has 1 aliphatic heterocycles. The third-order valence-corrected chi connectivity index (χ3v) is 4.61. The number of carbonyl (C=O) groups is 2. The van der Waals surface area contributed by atoms with Gasteiger partial charge in [-0.15, -0.1) is 0 Å². The van der Waals surface area contributed by atoms with E-state index in [0.29, 0.717) is 29.2 Å². The molecule has 2 aromatic rings. The highest BCUT2D eigenvalue weighted by Gasteiger charge is 2.16. The topological polar surface area (TPSA) is 65.1 Å². The summed E-state index contributed by atoms with van der Waals surface area (Å²) in [6.07, 6.45) is 2.48. The number of rotatable bonds is 9. The minimum Gasteiger partial charge on any atom is -0.491 e. The molecule has 6 nitrogen and oxygen atoms in total. The minimum absolute atomic E-state index is 0.170. The molecule has 0 spiro atoms. The van der Waals surface area contributed by atoms with Crippen LogP contribution in [-0.4, -0.2) is 56.6 Å². The predicted molar refractivity (Wildman–Crippen MR) is 104 cm³/mol. The van der Waals surface area contributed by atoms with Gasteiger partial charge >= 0.3 is 5.97 Å². The third kappa shape index (κ3) is 5.33. The quantitative estimate of drug-likeness (QED) is 0.491. The van der Waals surface area contributed by atoms with Gasteiger partial charge < -0.3 is 14.2 Å². The number of hydrogen-bond donors (Lipinski definition) is 0. The third-order valence-electron chi connectivity index (χ3n) is 4.61. The fraction of sp³-hybridized carbons (Fsp3) is 0.364. The van der Waals surface area contributed by atoms with Crippen molar-refractivity contribution in [1.29, 1.82) is 0 Å². The molecule has 0 aromatic heterocycles. The monoisotopic (exact) mass is 382 g/mol. The largest absolute Gasteiger partial charge is 0.491 e. The van der Waals surface area contributed by atoms with Crippen LogP contribution in [0.25, 0.3) is 0 Å². The molecule has 0 bridgehead atoms. The Labute approximate surface area is 165 Å². The lowest BCUT2D eigenvalue weighted by molar-refractivity contribution is -0.142. The van der Waals surface area contributed by atoms with Crippen molar-refractivity contribution in [2.75, 3.05) is 40.0 Å². The molecule has 1 radical (unpaired) electrons. The fourth-order valence-corrected chi connectivity index (χ4v) is 3.06. The summed E-state index contributed by atoms with van der Waals surface area (Å²) in [6, 6.07) is 14.9. The van der Waals surface area contributed by atoms with E-state index in [1.807, 2.05) is 6.07 Å². The zero-order valence-corrected chi connectivity index (χ0v) is 16.0. The van der Waals surface area contributed by atoms with Crippen molar-refractivity contribution < 1.29 is 23.8 Å². The van der Waals surface area contributed by atoms with Crippen molar-refractivity contribution in [3.63, 3.8) is 0 Å². The average Bonchev–Trinajstić information content (AvgIpc) is 3.26. The van der Waals surface area contributed by atoms with Crippen LogP contribution < -0.4 is 9.47 Å². The van der Waals surface area contributed by atoms with E-state index in [2.05, 4.69) is 15.7 Å². The van der Waals surface area contributed by atoms with E-state index in [-0.39, 0.29) is 12.4 Å². The van der Waals surface area contributed by atoms with Crippen molar-refractivity contribution >= 4 is 11.8 Å². The molecule has 1 heterocycles. The van der Waals surface area contributed by atoms with Gasteiger partial charge in [-0.25, -0.2) is 4.79 Å². The van der Waals surface area contributed by atoms with E-state index in [9.17, 15) is 9.59 Å². The zero-order chi connectivity index (χ0) is 19.8. The SMILES string of the molecule is COC(=O)COc1ccc(C(=O)c2[c]cccc2OCCN2CCCC2)cc1. The summed E-state index contributed by atoms with van der Waals surface area (Å²) in [4.78, 5) is 26.4. The van der Waals surface area contributed by atoms with Crippen LogP contribution in [0.1, 0.15) is 28.8 Å². The molecule has 2 aromatic carbocycles. The second-order valence-corrected chi connectivity index (χ2v) is 6.52. The molecule has 3 rings (SSSR count). The molecule has 28 heavy (non-hydrogen) atoms. The molecule has 0 N–H and O–H groups in total. The van der Waals surface area contributed by atoms with Gasteiger partial charge in [0.05, 0.1) is 12.7 Å². The summed E-state index contributed by atoms with van der Waals surface area (Å²) in [7, 11) is 1.30. The molecule has 0 amide bonds. The fourth-order valence-electron chi connectivity index (χ4n) is 3.06. The van der Waals surface area contributed by atoms with Crippen LogP contribution in [0.3, 0.4) is 0 Å². The standard InChI is InChI=1S/C22H24NO5/c1-26-21(24)16-28-18-10-8-17(9-11-18)22(25)19-6-2-3-7-20(19)27-15-14-23-12-4-5-13-23/h2-3,7-11H,4-5,12-16H2,1H3. The maximum atomic E-state index is 12.9. The molecular formula is C22H24NO5. The van der Waals surface area contributed by atoms with Crippen LogP contribution in [0.4, 0.5) is 0 Å². The van der Waals surface area contributed by atoms with Gasteiger partial charge in [0, 0.05) is 12.1 Å². The van der Waals surface area contributed by atoms with Gasteiger partial charge in [-0.3, -0.25) is 9.69 Å². The average molecular weight is 382 g/mol. The van der Waals surface area contributed by atoms with E-state index in [1.165, 1.54) is 20.0 Å². The van der Waals surface area contributed by atoms with Crippen molar-refractivity contribution in [3.8, 4) is 11.5 Å². The first-order chi connectivity index (χ1) is 13.7. The molecule has 0 unspecified atom stereocenters. The van der Waals surface area contributed by atoms with Crippen molar-refractivity contribution in [1.82, 2.24) is 4.90 Å². The minimum atomic E-state index is -0.463. The van der Waals surface area contributed by atoms with Crippen molar-refractivity contribution in [3.05, 3.63) is 59.7 Å². The highest BCUT2D eigenvalue weighted by Crippen LogP contribution is 2.22. The number of hydrogen-bond acceptors (Lipinski definition) is 6. The van der Waals surface area contributed by atoms with Gasteiger partial charge in [0.25, 0.3) is 0 Å². The number of ketones is 1. The number of carbonyl (C=O) groups excluding carboxylic acids is 2. The van der Waals surface area contributed by atoms with Crippen LogP contribution in [0.2, 0.25) is 0 Å². The first-order valence-corrected chi connectivity index (χ1v) is 9.37. The zero-order valence-electron chi connectivity index (χ0n) is 16.0. The van der Waals surface area contributed by atoms with Crippen LogP contribution in [0, 0.1) is 6.07 Å². The predicted octanol–water partition coefficient (Wildman–Crippen LogP) is 2.74. The highest BCUT2D eigenvalue weighted by molar-refractivity contribution is 6.10. The summed E-state index contributed by atoms with van der Waals surface area (Å²) in [5, 5.41) is 0. The molecule has 147 valence electrons. The highest BCUT2D eigenvalue weighted by atomic mass is 16.6. The lowest BCUT2D eigenvalue weighted by Crippen LogP contribution is -2.25. The number of methoxy groups -OCH3 is 1. The summed E-state index contributed by atoms with van der Waals surface area (Å²) in [5.74, 6) is 0.393. The molecule has 0 atom stereocenters. The van der Waals surface area contributed by atoms with Gasteiger partial charge in [-0.2, -0.15) is 0 Å². The maximum absolute atomic E-state index is 12.9. The van der Waals surface area contributed by atoms with Gasteiger partial charge in [-0.05, 0) is 62.3 Å². The number of likely N-dealkylation sites (tertiary alicyclic amines) is 1. The van der Waals surface area contributed by atoms with Gasteiger partial charge in [0.15, 0.2) is 12.4 Å². The van der Waals surface area contributed by atoms with Crippen LogP contribution in [0.15, 0.2) is 42.5 Å². The lowest BCUT2D eigenvalue weighted by atomic mass is 10.0. The Bertz CT molecular complexity index is 797. The normalized spacial score (nSPS) is 13.9. The molecule has 6 heteroatoms. The second-order valence-electron chi connectivity index (χ2n) is 6.52. The van der Waals surface area contributed by atoms with Gasteiger partial charge in [0.1, 0.15) is 18.1 Å². The number of nitrogens with zero attached hydrogens (tertiary/aromatic N) is 1. The van der Waals surface area contributed by atoms with Crippen molar-refractivity contribution in [2.45, 2.75) is 12.8 Å². The first-order valence-electron chi connectivity index (χ1n) is 9.37. The molecule has 1 fully saturated rings. The second kappa shape index (κ2) is 9.90. The first kappa shape index (κ1) is 19.9. The molecular weight excluding hydrogens is 358 g/mol. The number of benzene rings is 2. The van der Waals surface area contributed by atoms with Crippen LogP contribution in [-0.2, 0) is 9.53 Å². The Morgan fingerprint density at radius 2 is 1.82 bits per heavy atom. The number of ether oxygens (including phenoxy) is 3. The Hall–Kier alpha value is -2.86. The smallest absolute Gasteiger partial charge is 0.343 e. The summed E-state index contributed by atoms with van der Waals surface area (Å²) < 4.78 is 15.7. The lowest BCUT2D eigenvalue weighted by Gasteiger charge is -2.16. The Kier molecular flexibility index (Phi) is 7.03. The van der Waals surface area contributed by atoms with Gasteiger partial charge in [0.2, 0.25) is 0 Å². The Balaban J connectivity index is 1.62. The molecule has 0 saturated carbocycles. The van der Waals surface area contributed by atoms with E-state index in [4.69, 9.17) is 9.47 Å². The van der Waals surface area contributed by atoms with E-state index < -0.39 is 5.97 Å². The van der Waals surface area contributed by atoms with Crippen LogP contribution in [0.5, 0.6) is 11.5 Å². The van der Waals surface area contributed by atoms with Crippen molar-refractivity contribution in [2.24, 2.45) is 0 Å². The number of esters is 1. The van der Waals surface area contributed by atoms with E-state index in [0.717, 1.165) is 19.6 Å². The van der Waals surface area contributed by atoms with Crippen LogP contribution >= 0.6 is 0 Å². The molecule has 0 aliphatic carbocycles. The van der Waals surface area contributed by atoms with Gasteiger partial charge in [-0.1, -0.05) is 12.1 Å². The summed E-state index contributed by atoms with van der Waals surface area (Å²) in [6.45, 7) is 3.44. The summed E-state index contributed by atoms with van der Waals surface area (Å²) >= 11 is 0. The molecule has 1 aliphatic rings.